The van der Waals surface area contributed by atoms with Crippen LogP contribution >= 0.6 is 11.3 Å². The summed E-state index contributed by atoms with van der Waals surface area (Å²) in [5.74, 6) is -0.301. The molecule has 1 aromatic heterocycles. The highest BCUT2D eigenvalue weighted by Gasteiger charge is 2.08. The number of thiophene rings is 1. The maximum atomic E-state index is 11.6. The van der Waals surface area contributed by atoms with Gasteiger partial charge in [-0.25, -0.2) is 4.79 Å². The zero-order valence-electron chi connectivity index (χ0n) is 10.1. The third-order valence-corrected chi connectivity index (χ3v) is 3.32. The standard InChI is InChI=1S/C15H14O2S/c1-2-17-15(16)11-13(14-9-6-10-18-14)12-7-4-3-5-8-12/h3-11H,2H2,1H3/b13-11-. The Bertz CT molecular complexity index is 527. The first-order chi connectivity index (χ1) is 8.81. The number of hydrogen-bond donors (Lipinski definition) is 0. The van der Waals surface area contributed by atoms with E-state index >= 15 is 0 Å². The van der Waals surface area contributed by atoms with E-state index < -0.39 is 0 Å². The van der Waals surface area contributed by atoms with Crippen molar-refractivity contribution in [2.45, 2.75) is 6.92 Å². The van der Waals surface area contributed by atoms with Crippen LogP contribution in [0.25, 0.3) is 5.57 Å². The third-order valence-electron chi connectivity index (χ3n) is 2.42. The van der Waals surface area contributed by atoms with E-state index in [1.807, 2.05) is 47.8 Å². The number of benzene rings is 1. The first kappa shape index (κ1) is 12.6. The average molecular weight is 258 g/mol. The lowest BCUT2D eigenvalue weighted by atomic mass is 10.0. The van der Waals surface area contributed by atoms with E-state index in [2.05, 4.69) is 0 Å². The van der Waals surface area contributed by atoms with Crippen LogP contribution in [-0.2, 0) is 9.53 Å². The van der Waals surface area contributed by atoms with Crippen molar-refractivity contribution in [1.82, 2.24) is 0 Å². The Morgan fingerprint density at radius 2 is 2.00 bits per heavy atom. The summed E-state index contributed by atoms with van der Waals surface area (Å²) < 4.78 is 4.98. The summed E-state index contributed by atoms with van der Waals surface area (Å²) in [6.07, 6.45) is 1.56. The minimum absolute atomic E-state index is 0.301. The van der Waals surface area contributed by atoms with Gasteiger partial charge in [0.15, 0.2) is 0 Å². The summed E-state index contributed by atoms with van der Waals surface area (Å²) in [5, 5.41) is 2.00. The Hall–Kier alpha value is -1.87. The summed E-state index contributed by atoms with van der Waals surface area (Å²) in [6, 6.07) is 13.8. The molecule has 0 spiro atoms. The molecular weight excluding hydrogens is 244 g/mol. The van der Waals surface area contributed by atoms with Gasteiger partial charge >= 0.3 is 5.97 Å². The molecule has 2 aromatic rings. The van der Waals surface area contributed by atoms with Crippen LogP contribution in [-0.4, -0.2) is 12.6 Å². The Kier molecular flexibility index (Phi) is 4.31. The van der Waals surface area contributed by atoms with Crippen molar-refractivity contribution in [3.8, 4) is 0 Å². The Morgan fingerprint density at radius 1 is 1.22 bits per heavy atom. The number of ether oxygens (including phenoxy) is 1. The molecule has 2 nitrogen and oxygen atoms in total. The van der Waals surface area contributed by atoms with E-state index in [0.29, 0.717) is 6.61 Å². The molecule has 0 saturated carbocycles. The number of rotatable bonds is 4. The summed E-state index contributed by atoms with van der Waals surface area (Å²) in [4.78, 5) is 12.7. The van der Waals surface area contributed by atoms with Gasteiger partial charge in [-0.05, 0) is 23.9 Å². The zero-order chi connectivity index (χ0) is 12.8. The topological polar surface area (TPSA) is 26.3 Å². The fraction of sp³-hybridized carbons (Fsp3) is 0.133. The van der Waals surface area contributed by atoms with Gasteiger partial charge in [-0.1, -0.05) is 36.4 Å². The molecule has 0 atom stereocenters. The quantitative estimate of drug-likeness (QED) is 0.617. The van der Waals surface area contributed by atoms with Crippen molar-refractivity contribution in [2.75, 3.05) is 6.61 Å². The predicted octanol–water partition coefficient (Wildman–Crippen LogP) is 3.74. The molecule has 92 valence electrons. The van der Waals surface area contributed by atoms with Crippen molar-refractivity contribution in [1.29, 1.82) is 0 Å². The van der Waals surface area contributed by atoms with Crippen LogP contribution in [0.15, 0.2) is 53.9 Å². The van der Waals surface area contributed by atoms with Gasteiger partial charge in [0.1, 0.15) is 0 Å². The fourth-order valence-corrected chi connectivity index (χ4v) is 2.41. The number of esters is 1. The molecule has 0 aliphatic heterocycles. The van der Waals surface area contributed by atoms with Crippen LogP contribution in [0.3, 0.4) is 0 Å². The van der Waals surface area contributed by atoms with E-state index in [0.717, 1.165) is 16.0 Å². The molecule has 0 aliphatic rings. The van der Waals surface area contributed by atoms with Gasteiger partial charge in [-0.15, -0.1) is 11.3 Å². The molecule has 3 heteroatoms. The van der Waals surface area contributed by atoms with E-state index in [1.165, 1.54) is 0 Å². The molecule has 0 aliphatic carbocycles. The molecule has 0 N–H and O–H groups in total. The lowest BCUT2D eigenvalue weighted by Gasteiger charge is -2.05. The molecule has 0 radical (unpaired) electrons. The van der Waals surface area contributed by atoms with Gasteiger partial charge in [0.05, 0.1) is 6.61 Å². The Morgan fingerprint density at radius 3 is 2.61 bits per heavy atom. The number of carbonyl (C=O) groups is 1. The van der Waals surface area contributed by atoms with Crippen molar-refractivity contribution in [2.24, 2.45) is 0 Å². The molecule has 0 unspecified atom stereocenters. The Balaban J connectivity index is 2.39. The molecule has 18 heavy (non-hydrogen) atoms. The third kappa shape index (κ3) is 3.08. The molecule has 1 aromatic carbocycles. The first-order valence-corrected chi connectivity index (χ1v) is 6.67. The highest BCUT2D eigenvalue weighted by atomic mass is 32.1. The van der Waals surface area contributed by atoms with E-state index in [4.69, 9.17) is 4.74 Å². The highest BCUT2D eigenvalue weighted by Crippen LogP contribution is 2.27. The van der Waals surface area contributed by atoms with E-state index in [-0.39, 0.29) is 5.97 Å². The molecule has 0 saturated heterocycles. The van der Waals surface area contributed by atoms with Gasteiger partial charge in [0, 0.05) is 16.5 Å². The monoisotopic (exact) mass is 258 g/mol. The summed E-state index contributed by atoms with van der Waals surface area (Å²) in [5.41, 5.74) is 1.93. The minimum Gasteiger partial charge on any atom is -0.463 e. The molecule has 2 rings (SSSR count). The summed E-state index contributed by atoms with van der Waals surface area (Å²) in [6.45, 7) is 2.20. The highest BCUT2D eigenvalue weighted by molar-refractivity contribution is 7.11. The largest absolute Gasteiger partial charge is 0.463 e. The van der Waals surface area contributed by atoms with Gasteiger partial charge in [-0.2, -0.15) is 0 Å². The second-order valence-corrected chi connectivity index (χ2v) is 4.60. The average Bonchev–Trinajstić information content (AvgIpc) is 2.91. The van der Waals surface area contributed by atoms with Crippen LogP contribution in [0.2, 0.25) is 0 Å². The first-order valence-electron chi connectivity index (χ1n) is 5.79. The molecule has 0 amide bonds. The van der Waals surface area contributed by atoms with Gasteiger partial charge in [0.2, 0.25) is 0 Å². The van der Waals surface area contributed by atoms with E-state index in [9.17, 15) is 4.79 Å². The number of carbonyl (C=O) groups excluding carboxylic acids is 1. The van der Waals surface area contributed by atoms with Crippen LogP contribution < -0.4 is 0 Å². The zero-order valence-corrected chi connectivity index (χ0v) is 10.9. The fourth-order valence-electron chi connectivity index (χ4n) is 1.65. The SMILES string of the molecule is CCOC(=O)/C=C(/c1ccccc1)c1cccs1. The maximum Gasteiger partial charge on any atom is 0.331 e. The Labute approximate surface area is 111 Å². The van der Waals surface area contributed by atoms with Gasteiger partial charge < -0.3 is 4.74 Å². The van der Waals surface area contributed by atoms with Crippen molar-refractivity contribution in [3.63, 3.8) is 0 Å². The number of hydrogen-bond acceptors (Lipinski definition) is 3. The summed E-state index contributed by atoms with van der Waals surface area (Å²) in [7, 11) is 0. The molecule has 0 fully saturated rings. The van der Waals surface area contributed by atoms with Crippen molar-refractivity contribution < 1.29 is 9.53 Å². The lowest BCUT2D eigenvalue weighted by molar-refractivity contribution is -0.137. The van der Waals surface area contributed by atoms with Gasteiger partial charge in [0.25, 0.3) is 0 Å². The van der Waals surface area contributed by atoms with Crippen molar-refractivity contribution >= 4 is 22.9 Å². The smallest absolute Gasteiger partial charge is 0.331 e. The molecule has 0 bridgehead atoms. The predicted molar refractivity (Wildman–Crippen MR) is 74.5 cm³/mol. The van der Waals surface area contributed by atoms with Crippen molar-refractivity contribution in [3.05, 3.63) is 64.4 Å². The maximum absolute atomic E-state index is 11.6. The summed E-state index contributed by atoms with van der Waals surface area (Å²) >= 11 is 1.61. The molecular formula is C15H14O2S. The van der Waals surface area contributed by atoms with Crippen LogP contribution in [0.1, 0.15) is 17.4 Å². The minimum atomic E-state index is -0.301. The van der Waals surface area contributed by atoms with Crippen LogP contribution in [0.4, 0.5) is 0 Å². The second-order valence-electron chi connectivity index (χ2n) is 3.65. The normalized spacial score (nSPS) is 11.3. The van der Waals surface area contributed by atoms with Crippen LogP contribution in [0.5, 0.6) is 0 Å². The lowest BCUT2D eigenvalue weighted by Crippen LogP contribution is -2.01. The van der Waals surface area contributed by atoms with Crippen LogP contribution in [0, 0.1) is 0 Å². The second kappa shape index (κ2) is 6.17. The molecule has 1 heterocycles. The van der Waals surface area contributed by atoms with Gasteiger partial charge in [-0.3, -0.25) is 0 Å². The van der Waals surface area contributed by atoms with E-state index in [1.54, 1.807) is 24.3 Å².